The molecule has 1 aliphatic heterocycles. The molecule has 5 rings (SSSR count). The number of cyclic esters (lactones) is 1. The van der Waals surface area contributed by atoms with Gasteiger partial charge in [-0.15, -0.1) is 0 Å². The van der Waals surface area contributed by atoms with Crippen molar-refractivity contribution in [1.82, 2.24) is 14.5 Å². The van der Waals surface area contributed by atoms with E-state index >= 15 is 0 Å². The van der Waals surface area contributed by atoms with Crippen LogP contribution in [-0.2, 0) is 14.9 Å². The van der Waals surface area contributed by atoms with Crippen LogP contribution in [0.3, 0.4) is 0 Å². The molecule has 0 aromatic carbocycles. The van der Waals surface area contributed by atoms with Crippen LogP contribution in [0.25, 0.3) is 33.9 Å². The van der Waals surface area contributed by atoms with Gasteiger partial charge in [0.15, 0.2) is 5.65 Å². The van der Waals surface area contributed by atoms with Crippen LogP contribution in [0.15, 0.2) is 42.6 Å². The minimum absolute atomic E-state index is 0.207. The molecule has 1 unspecified atom stereocenters. The number of allylic oxidation sites excluding steroid dienone is 2. The fourth-order valence-corrected chi connectivity index (χ4v) is 4.78. The highest BCUT2D eigenvalue weighted by Crippen LogP contribution is 2.44. The maximum atomic E-state index is 13.1. The van der Waals surface area contributed by atoms with Gasteiger partial charge in [-0.1, -0.05) is 25.2 Å². The quantitative estimate of drug-likeness (QED) is 0.331. The summed E-state index contributed by atoms with van der Waals surface area (Å²) in [5.41, 5.74) is -3.32. The SMILES string of the molecule is CC1/C=C2\c3c(c4ccc(-c5ccnc(OS(=O)(=O)C(F)(F)F)c5)nc4n3C(=O)OC2(C)C)/C=C/C1. The lowest BCUT2D eigenvalue weighted by atomic mass is 9.86. The van der Waals surface area contributed by atoms with Crippen LogP contribution in [0.1, 0.15) is 38.4 Å². The summed E-state index contributed by atoms with van der Waals surface area (Å²) in [6.07, 6.45) is 7.36. The molecular formula is C24H20F3N3O5S. The molecule has 188 valence electrons. The number of halogens is 3. The Bertz CT molecular complexity index is 1590. The Morgan fingerprint density at radius 3 is 2.69 bits per heavy atom. The van der Waals surface area contributed by atoms with Gasteiger partial charge < -0.3 is 8.92 Å². The normalized spacial score (nSPS) is 21.6. The molecule has 3 aromatic rings. The lowest BCUT2D eigenvalue weighted by molar-refractivity contribution is -0.0501. The summed E-state index contributed by atoms with van der Waals surface area (Å²) in [5, 5.41) is 0.685. The van der Waals surface area contributed by atoms with E-state index in [0.29, 0.717) is 16.7 Å². The summed E-state index contributed by atoms with van der Waals surface area (Å²) in [4.78, 5) is 21.3. The van der Waals surface area contributed by atoms with E-state index in [9.17, 15) is 26.4 Å². The van der Waals surface area contributed by atoms with Gasteiger partial charge in [0.1, 0.15) is 5.60 Å². The van der Waals surface area contributed by atoms with Gasteiger partial charge in [0.25, 0.3) is 0 Å². The molecule has 0 radical (unpaired) electrons. The summed E-state index contributed by atoms with van der Waals surface area (Å²) in [6.45, 7) is 5.72. The van der Waals surface area contributed by atoms with E-state index in [1.54, 1.807) is 12.1 Å². The van der Waals surface area contributed by atoms with Gasteiger partial charge in [-0.05, 0) is 44.4 Å². The van der Waals surface area contributed by atoms with Crippen LogP contribution in [0, 0.1) is 5.92 Å². The molecule has 4 heterocycles. The summed E-state index contributed by atoms with van der Waals surface area (Å²) in [5.74, 6) is -0.558. The lowest BCUT2D eigenvalue weighted by Gasteiger charge is -2.35. The Labute approximate surface area is 204 Å². The predicted octanol–water partition coefficient (Wildman–Crippen LogP) is 5.54. The van der Waals surface area contributed by atoms with Crippen LogP contribution in [0.2, 0.25) is 0 Å². The summed E-state index contributed by atoms with van der Waals surface area (Å²) >= 11 is 0. The van der Waals surface area contributed by atoms with Crippen molar-refractivity contribution in [3.63, 3.8) is 0 Å². The maximum Gasteiger partial charge on any atom is 0.534 e. The molecule has 36 heavy (non-hydrogen) atoms. The fourth-order valence-electron chi connectivity index (χ4n) is 4.37. The number of nitrogens with zero attached hydrogens (tertiary/aromatic N) is 3. The van der Waals surface area contributed by atoms with Gasteiger partial charge in [-0.2, -0.15) is 21.6 Å². The third-order valence-corrected chi connectivity index (χ3v) is 6.99. The molecule has 1 atom stereocenters. The molecule has 8 nitrogen and oxygen atoms in total. The zero-order chi connectivity index (χ0) is 26.0. The second-order valence-corrected chi connectivity index (χ2v) is 10.6. The van der Waals surface area contributed by atoms with Crippen molar-refractivity contribution < 1.29 is 35.3 Å². The molecule has 0 spiro atoms. The fraction of sp³-hybridized carbons (Fsp3) is 0.292. The number of fused-ring (bicyclic) bond motifs is 3. The third kappa shape index (κ3) is 3.85. The molecule has 12 heteroatoms. The van der Waals surface area contributed by atoms with Crippen LogP contribution < -0.4 is 4.18 Å². The molecule has 0 amide bonds. The number of ether oxygens (including phenoxy) is 1. The molecule has 3 aromatic heterocycles. The first kappa shape index (κ1) is 24.0. The molecule has 0 bridgehead atoms. The smallest absolute Gasteiger partial charge is 0.438 e. The van der Waals surface area contributed by atoms with Crippen molar-refractivity contribution in [3.8, 4) is 17.1 Å². The van der Waals surface area contributed by atoms with Crippen LogP contribution >= 0.6 is 0 Å². The number of carbonyl (C=O) groups is 1. The molecule has 0 saturated heterocycles. The summed E-state index contributed by atoms with van der Waals surface area (Å²) < 4.78 is 72.2. The van der Waals surface area contributed by atoms with E-state index < -0.39 is 33.2 Å². The Kier molecular flexibility index (Phi) is 5.29. The van der Waals surface area contributed by atoms with Crippen LogP contribution in [-0.4, -0.2) is 40.2 Å². The number of hydrogen-bond donors (Lipinski definition) is 0. The van der Waals surface area contributed by atoms with Gasteiger partial charge in [0.2, 0.25) is 5.88 Å². The molecule has 0 N–H and O–H groups in total. The van der Waals surface area contributed by atoms with Crippen LogP contribution in [0.5, 0.6) is 5.88 Å². The molecular weight excluding hydrogens is 499 g/mol. The summed E-state index contributed by atoms with van der Waals surface area (Å²) in [7, 11) is -5.89. The van der Waals surface area contributed by atoms with Gasteiger partial charge in [-0.25, -0.2) is 19.3 Å². The number of alkyl halides is 3. The van der Waals surface area contributed by atoms with Crippen molar-refractivity contribution in [3.05, 3.63) is 53.9 Å². The van der Waals surface area contributed by atoms with E-state index in [4.69, 9.17) is 4.74 Å². The summed E-state index contributed by atoms with van der Waals surface area (Å²) in [6, 6.07) is 5.84. The predicted molar refractivity (Wildman–Crippen MR) is 125 cm³/mol. The molecule has 0 fully saturated rings. The Balaban J connectivity index is 1.67. The zero-order valence-corrected chi connectivity index (χ0v) is 20.1. The second-order valence-electron chi connectivity index (χ2n) is 9.11. The number of carbonyl (C=O) groups excluding carboxylic acids is 1. The van der Waals surface area contributed by atoms with E-state index in [0.717, 1.165) is 29.8 Å². The minimum Gasteiger partial charge on any atom is -0.438 e. The minimum atomic E-state index is -5.89. The van der Waals surface area contributed by atoms with Gasteiger partial charge in [0.05, 0.1) is 11.4 Å². The standard InChI is InChI=1S/C24H20F3N3O5S/c1-13-5-4-6-15-16-7-8-18(14-9-10-28-19(12-14)35-36(32,33)24(25,26)27)29-21(16)30-20(15)17(11-13)23(2,3)34-22(30)31/h4,6-13H,5H2,1-3H3/b6-4+,17-11+. The van der Waals surface area contributed by atoms with E-state index in [1.807, 2.05) is 26.0 Å². The van der Waals surface area contributed by atoms with Gasteiger partial charge in [0, 0.05) is 34.3 Å². The van der Waals surface area contributed by atoms with Gasteiger partial charge >= 0.3 is 21.7 Å². The largest absolute Gasteiger partial charge is 0.534 e. The molecule has 2 aliphatic rings. The average Bonchev–Trinajstić information content (AvgIpc) is 3.07. The number of pyridine rings is 2. The number of aromatic nitrogens is 3. The van der Waals surface area contributed by atoms with E-state index in [1.165, 1.54) is 10.6 Å². The van der Waals surface area contributed by atoms with Crippen molar-refractivity contribution >= 4 is 38.9 Å². The Morgan fingerprint density at radius 2 is 1.97 bits per heavy atom. The third-order valence-electron chi connectivity index (χ3n) is 6.04. The van der Waals surface area contributed by atoms with Crippen LogP contribution in [0.4, 0.5) is 18.0 Å². The monoisotopic (exact) mass is 519 g/mol. The topological polar surface area (TPSA) is 100 Å². The molecule has 1 aliphatic carbocycles. The number of hydrogen-bond acceptors (Lipinski definition) is 7. The highest BCUT2D eigenvalue weighted by molar-refractivity contribution is 7.87. The highest BCUT2D eigenvalue weighted by atomic mass is 32.2. The van der Waals surface area contributed by atoms with E-state index in [2.05, 4.69) is 27.2 Å². The Hall–Kier alpha value is -3.67. The number of rotatable bonds is 3. The lowest BCUT2D eigenvalue weighted by Crippen LogP contribution is -2.38. The first-order chi connectivity index (χ1) is 16.8. The second kappa shape index (κ2) is 7.92. The average molecular weight is 520 g/mol. The van der Waals surface area contributed by atoms with Gasteiger partial charge in [-0.3, -0.25) is 0 Å². The molecule has 0 saturated carbocycles. The van der Waals surface area contributed by atoms with Crippen molar-refractivity contribution in [2.24, 2.45) is 5.92 Å². The highest BCUT2D eigenvalue weighted by Gasteiger charge is 2.49. The zero-order valence-electron chi connectivity index (χ0n) is 19.3. The Morgan fingerprint density at radius 1 is 1.22 bits per heavy atom. The van der Waals surface area contributed by atoms with Crippen molar-refractivity contribution in [1.29, 1.82) is 0 Å². The van der Waals surface area contributed by atoms with E-state index in [-0.39, 0.29) is 17.2 Å². The first-order valence-corrected chi connectivity index (χ1v) is 12.3. The maximum absolute atomic E-state index is 13.1. The van der Waals surface area contributed by atoms with Crippen molar-refractivity contribution in [2.75, 3.05) is 0 Å². The first-order valence-electron chi connectivity index (χ1n) is 10.9. The van der Waals surface area contributed by atoms with Crippen molar-refractivity contribution in [2.45, 2.75) is 38.3 Å².